The molecule has 1 aromatic heterocycles. The fourth-order valence-electron chi connectivity index (χ4n) is 2.08. The Morgan fingerprint density at radius 3 is 2.67 bits per heavy atom. The highest BCUT2D eigenvalue weighted by atomic mass is 32.1. The van der Waals surface area contributed by atoms with Gasteiger partial charge in [0.2, 0.25) is 0 Å². The molecule has 0 aromatic carbocycles. The summed E-state index contributed by atoms with van der Waals surface area (Å²) in [5.41, 5.74) is 1.20. The van der Waals surface area contributed by atoms with E-state index in [0.717, 1.165) is 5.92 Å². The molecule has 0 bridgehead atoms. The third-order valence-electron chi connectivity index (χ3n) is 3.27. The van der Waals surface area contributed by atoms with Crippen LogP contribution >= 0.6 is 11.3 Å². The molecule has 0 aliphatic heterocycles. The van der Waals surface area contributed by atoms with Gasteiger partial charge in [-0.15, -0.1) is 11.3 Å². The second kappa shape index (κ2) is 4.62. The van der Waals surface area contributed by atoms with Crippen molar-refractivity contribution in [2.45, 2.75) is 46.1 Å². The predicted molar refractivity (Wildman–Crippen MR) is 65.3 cm³/mol. The number of hydrogen-bond acceptors (Lipinski definition) is 3. The van der Waals surface area contributed by atoms with Crippen molar-refractivity contribution in [3.8, 4) is 0 Å². The van der Waals surface area contributed by atoms with Gasteiger partial charge in [0.05, 0.1) is 10.7 Å². The average Bonchev–Trinajstić information content (AvgIpc) is 2.42. The normalized spacial score (nSPS) is 18.9. The standard InChI is InChI=1S/C12H20N2S/c1-8(13-7-11-5-4-6-11)12-9(2)14-10(3)15-12/h8,11,13H,4-7H2,1-3H3. The number of nitrogens with one attached hydrogen (secondary N) is 1. The summed E-state index contributed by atoms with van der Waals surface area (Å²) >= 11 is 1.83. The molecule has 0 spiro atoms. The average molecular weight is 224 g/mol. The first kappa shape index (κ1) is 11.1. The van der Waals surface area contributed by atoms with Crippen molar-refractivity contribution >= 4 is 11.3 Å². The Morgan fingerprint density at radius 1 is 1.47 bits per heavy atom. The minimum Gasteiger partial charge on any atom is -0.309 e. The lowest BCUT2D eigenvalue weighted by Crippen LogP contribution is -2.29. The SMILES string of the molecule is Cc1nc(C)c(C(C)NCC2CCC2)s1. The van der Waals surface area contributed by atoms with Crippen molar-refractivity contribution in [2.75, 3.05) is 6.54 Å². The predicted octanol–water partition coefficient (Wildman–Crippen LogP) is 3.21. The van der Waals surface area contributed by atoms with Gasteiger partial charge in [-0.1, -0.05) is 6.42 Å². The number of thiazole rings is 1. The Balaban J connectivity index is 1.88. The van der Waals surface area contributed by atoms with Crippen LogP contribution in [0.5, 0.6) is 0 Å². The zero-order valence-electron chi connectivity index (χ0n) is 9.84. The van der Waals surface area contributed by atoms with Crippen LogP contribution in [-0.4, -0.2) is 11.5 Å². The second-order valence-corrected chi connectivity index (χ2v) is 5.84. The summed E-state index contributed by atoms with van der Waals surface area (Å²) in [5, 5.41) is 4.81. The molecule has 84 valence electrons. The van der Waals surface area contributed by atoms with Gasteiger partial charge in [0.25, 0.3) is 0 Å². The highest BCUT2D eigenvalue weighted by molar-refractivity contribution is 7.11. The summed E-state index contributed by atoms with van der Waals surface area (Å²) in [5.74, 6) is 0.932. The second-order valence-electron chi connectivity index (χ2n) is 4.61. The minimum absolute atomic E-state index is 0.469. The lowest BCUT2D eigenvalue weighted by Gasteiger charge is -2.27. The lowest BCUT2D eigenvalue weighted by atomic mass is 9.85. The fourth-order valence-corrected chi connectivity index (χ4v) is 3.04. The molecule has 1 aliphatic rings. The van der Waals surface area contributed by atoms with Crippen LogP contribution in [0.2, 0.25) is 0 Å². The van der Waals surface area contributed by atoms with Gasteiger partial charge >= 0.3 is 0 Å². The summed E-state index contributed by atoms with van der Waals surface area (Å²) in [6.45, 7) is 7.62. The maximum absolute atomic E-state index is 4.47. The smallest absolute Gasteiger partial charge is 0.0900 e. The van der Waals surface area contributed by atoms with Gasteiger partial charge < -0.3 is 5.32 Å². The monoisotopic (exact) mass is 224 g/mol. The first-order chi connectivity index (χ1) is 7.16. The molecule has 15 heavy (non-hydrogen) atoms. The van der Waals surface area contributed by atoms with Gasteiger partial charge in [-0.3, -0.25) is 0 Å². The van der Waals surface area contributed by atoms with E-state index in [1.165, 1.54) is 41.4 Å². The third-order valence-corrected chi connectivity index (χ3v) is 4.53. The summed E-state index contributed by atoms with van der Waals surface area (Å²) in [6.07, 6.45) is 4.26. The summed E-state index contributed by atoms with van der Waals surface area (Å²) in [4.78, 5) is 5.88. The molecule has 1 atom stereocenters. The van der Waals surface area contributed by atoms with E-state index in [-0.39, 0.29) is 0 Å². The van der Waals surface area contributed by atoms with E-state index in [9.17, 15) is 0 Å². The Hall–Kier alpha value is -0.410. The molecule has 3 heteroatoms. The van der Waals surface area contributed by atoms with E-state index in [0.29, 0.717) is 6.04 Å². The van der Waals surface area contributed by atoms with Crippen LogP contribution in [-0.2, 0) is 0 Å². The Kier molecular flexibility index (Phi) is 3.42. The van der Waals surface area contributed by atoms with E-state index in [1.807, 2.05) is 11.3 Å². The molecule has 2 nitrogen and oxygen atoms in total. The molecule has 1 fully saturated rings. The fraction of sp³-hybridized carbons (Fsp3) is 0.750. The highest BCUT2D eigenvalue weighted by Gasteiger charge is 2.19. The van der Waals surface area contributed by atoms with Gasteiger partial charge in [-0.05, 0) is 46.1 Å². The first-order valence-corrected chi connectivity index (χ1v) is 6.65. The van der Waals surface area contributed by atoms with Crippen LogP contribution in [0.25, 0.3) is 0 Å². The maximum atomic E-state index is 4.47. The molecule has 0 radical (unpaired) electrons. The highest BCUT2D eigenvalue weighted by Crippen LogP contribution is 2.28. The molecular formula is C12H20N2S. The number of hydrogen-bond donors (Lipinski definition) is 1. The van der Waals surface area contributed by atoms with E-state index in [2.05, 4.69) is 31.1 Å². The minimum atomic E-state index is 0.469. The zero-order valence-corrected chi connectivity index (χ0v) is 10.7. The van der Waals surface area contributed by atoms with Crippen molar-refractivity contribution in [3.05, 3.63) is 15.6 Å². The van der Waals surface area contributed by atoms with Crippen LogP contribution < -0.4 is 5.32 Å². The van der Waals surface area contributed by atoms with E-state index in [1.54, 1.807) is 0 Å². The molecule has 0 amide bonds. The molecule has 1 aliphatic carbocycles. The van der Waals surface area contributed by atoms with Crippen molar-refractivity contribution in [2.24, 2.45) is 5.92 Å². The summed E-state index contributed by atoms with van der Waals surface area (Å²) < 4.78 is 0. The van der Waals surface area contributed by atoms with Crippen molar-refractivity contribution in [1.29, 1.82) is 0 Å². The molecule has 1 heterocycles. The topological polar surface area (TPSA) is 24.9 Å². The van der Waals surface area contributed by atoms with Gasteiger partial charge in [0.1, 0.15) is 0 Å². The van der Waals surface area contributed by atoms with Gasteiger partial charge in [-0.2, -0.15) is 0 Å². The lowest BCUT2D eigenvalue weighted by molar-refractivity contribution is 0.293. The molecule has 1 unspecified atom stereocenters. The van der Waals surface area contributed by atoms with E-state index in [4.69, 9.17) is 0 Å². The van der Waals surface area contributed by atoms with Gasteiger partial charge in [-0.25, -0.2) is 4.98 Å². The quantitative estimate of drug-likeness (QED) is 0.849. The van der Waals surface area contributed by atoms with Crippen molar-refractivity contribution < 1.29 is 0 Å². The molecule has 0 saturated heterocycles. The molecule has 1 saturated carbocycles. The first-order valence-electron chi connectivity index (χ1n) is 5.84. The van der Waals surface area contributed by atoms with Crippen LogP contribution in [0.1, 0.15) is 47.8 Å². The maximum Gasteiger partial charge on any atom is 0.0900 e. The molecule has 2 rings (SSSR count). The number of aryl methyl sites for hydroxylation is 2. The summed E-state index contributed by atoms with van der Waals surface area (Å²) in [6, 6.07) is 0.469. The Labute approximate surface area is 96.1 Å². The number of rotatable bonds is 4. The number of nitrogens with zero attached hydrogens (tertiary/aromatic N) is 1. The Morgan fingerprint density at radius 2 is 2.20 bits per heavy atom. The van der Waals surface area contributed by atoms with Crippen molar-refractivity contribution in [1.82, 2.24) is 10.3 Å². The summed E-state index contributed by atoms with van der Waals surface area (Å²) in [7, 11) is 0. The molecular weight excluding hydrogens is 204 g/mol. The third kappa shape index (κ3) is 2.58. The van der Waals surface area contributed by atoms with Gasteiger partial charge in [0, 0.05) is 10.9 Å². The van der Waals surface area contributed by atoms with Crippen LogP contribution in [0.15, 0.2) is 0 Å². The zero-order chi connectivity index (χ0) is 10.8. The van der Waals surface area contributed by atoms with Crippen LogP contribution in [0.3, 0.4) is 0 Å². The van der Waals surface area contributed by atoms with Crippen LogP contribution in [0, 0.1) is 19.8 Å². The molecule has 1 N–H and O–H groups in total. The largest absolute Gasteiger partial charge is 0.309 e. The van der Waals surface area contributed by atoms with Crippen LogP contribution in [0.4, 0.5) is 0 Å². The van der Waals surface area contributed by atoms with Gasteiger partial charge in [0.15, 0.2) is 0 Å². The van der Waals surface area contributed by atoms with E-state index >= 15 is 0 Å². The molecule has 1 aromatic rings. The number of aromatic nitrogens is 1. The Bertz CT molecular complexity index is 328. The van der Waals surface area contributed by atoms with Crippen molar-refractivity contribution in [3.63, 3.8) is 0 Å². The van der Waals surface area contributed by atoms with E-state index < -0.39 is 0 Å².